The molecule has 0 saturated carbocycles. The fourth-order valence-electron chi connectivity index (χ4n) is 2.12. The van der Waals surface area contributed by atoms with Gasteiger partial charge in [-0.2, -0.15) is 4.31 Å². The first-order valence-corrected chi connectivity index (χ1v) is 7.91. The predicted molar refractivity (Wildman–Crippen MR) is 75.4 cm³/mol. The van der Waals surface area contributed by atoms with Crippen molar-refractivity contribution in [1.82, 2.24) is 9.62 Å². The number of likely N-dealkylation sites (N-methyl/N-ethyl adjacent to an activating group) is 1. The Bertz CT molecular complexity index is 541. The Morgan fingerprint density at radius 3 is 2.85 bits per heavy atom. The van der Waals surface area contributed by atoms with E-state index >= 15 is 0 Å². The monoisotopic (exact) mass is 300 g/mol. The lowest BCUT2D eigenvalue weighted by molar-refractivity contribution is 0.0206. The molecular weight excluding hydrogens is 280 g/mol. The number of ether oxygens (including phenoxy) is 2. The zero-order valence-electron chi connectivity index (χ0n) is 11.7. The fraction of sp³-hybridized carbons (Fsp3) is 0.538. The van der Waals surface area contributed by atoms with Gasteiger partial charge in [0.05, 0.1) is 19.8 Å². The number of hydrogen-bond acceptors (Lipinski definition) is 5. The molecule has 1 heterocycles. The first kappa shape index (κ1) is 15.2. The van der Waals surface area contributed by atoms with Gasteiger partial charge >= 0.3 is 0 Å². The van der Waals surface area contributed by atoms with Crippen molar-refractivity contribution in [2.45, 2.75) is 11.0 Å². The number of rotatable bonds is 5. The van der Waals surface area contributed by atoms with Crippen molar-refractivity contribution in [3.63, 3.8) is 0 Å². The molecule has 1 aliphatic heterocycles. The first-order valence-electron chi connectivity index (χ1n) is 6.47. The summed E-state index contributed by atoms with van der Waals surface area (Å²) in [6.45, 7) is 2.38. The van der Waals surface area contributed by atoms with Gasteiger partial charge in [-0.05, 0) is 12.1 Å². The molecule has 1 atom stereocenters. The standard InChI is InChI=1S/C13H20N2O4S/c1-15(10-11-9-14-7-8-19-11)20(16,17)13-6-4-3-5-12(13)18-2/h3-6,11,14H,7-10H2,1-2H3. The number of nitrogens with one attached hydrogen (secondary N) is 1. The number of sulfonamides is 1. The Hall–Kier alpha value is -1.15. The Balaban J connectivity index is 2.16. The quantitative estimate of drug-likeness (QED) is 0.847. The van der Waals surface area contributed by atoms with E-state index in [9.17, 15) is 8.42 Å². The minimum absolute atomic E-state index is 0.127. The predicted octanol–water partition coefficient (Wildman–Crippen LogP) is 0.304. The van der Waals surface area contributed by atoms with Crippen molar-refractivity contribution in [3.05, 3.63) is 24.3 Å². The second-order valence-corrected chi connectivity index (χ2v) is 6.65. The van der Waals surface area contributed by atoms with Crippen LogP contribution in [0.4, 0.5) is 0 Å². The van der Waals surface area contributed by atoms with E-state index in [0.29, 0.717) is 25.4 Å². The van der Waals surface area contributed by atoms with Crippen LogP contribution < -0.4 is 10.1 Å². The molecule has 112 valence electrons. The van der Waals surface area contributed by atoms with E-state index < -0.39 is 10.0 Å². The van der Waals surface area contributed by atoms with Gasteiger partial charge in [0, 0.05) is 26.7 Å². The lowest BCUT2D eigenvalue weighted by atomic mass is 10.3. The van der Waals surface area contributed by atoms with E-state index in [1.54, 1.807) is 31.3 Å². The highest BCUT2D eigenvalue weighted by atomic mass is 32.2. The van der Waals surface area contributed by atoms with Gasteiger partial charge in [-0.3, -0.25) is 0 Å². The molecular formula is C13H20N2O4S. The third-order valence-corrected chi connectivity index (χ3v) is 5.09. The maximum absolute atomic E-state index is 12.6. The molecule has 6 nitrogen and oxygen atoms in total. The van der Waals surface area contributed by atoms with Crippen molar-refractivity contribution in [2.24, 2.45) is 0 Å². The second kappa shape index (κ2) is 6.53. The van der Waals surface area contributed by atoms with Crippen molar-refractivity contribution in [3.8, 4) is 5.75 Å². The Labute approximate surface area is 119 Å². The summed E-state index contributed by atoms with van der Waals surface area (Å²) in [5.41, 5.74) is 0. The van der Waals surface area contributed by atoms with Gasteiger partial charge in [-0.25, -0.2) is 8.42 Å². The lowest BCUT2D eigenvalue weighted by Gasteiger charge is -2.27. The highest BCUT2D eigenvalue weighted by Gasteiger charge is 2.27. The maximum atomic E-state index is 12.6. The van der Waals surface area contributed by atoms with Crippen LogP contribution in [0.1, 0.15) is 0 Å². The molecule has 0 aromatic heterocycles. The highest BCUT2D eigenvalue weighted by Crippen LogP contribution is 2.25. The van der Waals surface area contributed by atoms with E-state index in [1.165, 1.54) is 11.4 Å². The smallest absolute Gasteiger partial charge is 0.246 e. The van der Waals surface area contributed by atoms with Gasteiger partial charge in [0.15, 0.2) is 0 Å². The van der Waals surface area contributed by atoms with Gasteiger partial charge in [0.25, 0.3) is 0 Å². The molecule has 0 spiro atoms. The Morgan fingerprint density at radius 2 is 2.20 bits per heavy atom. The van der Waals surface area contributed by atoms with Crippen LogP contribution in [0.25, 0.3) is 0 Å². The molecule has 0 amide bonds. The SMILES string of the molecule is COc1ccccc1S(=O)(=O)N(C)CC1CNCCO1. The summed E-state index contributed by atoms with van der Waals surface area (Å²) in [7, 11) is -0.564. The molecule has 0 bridgehead atoms. The van der Waals surface area contributed by atoms with Gasteiger partial charge < -0.3 is 14.8 Å². The van der Waals surface area contributed by atoms with Crippen LogP contribution in [0.5, 0.6) is 5.75 Å². The highest BCUT2D eigenvalue weighted by molar-refractivity contribution is 7.89. The molecule has 1 aromatic carbocycles. The summed E-state index contributed by atoms with van der Waals surface area (Å²) >= 11 is 0. The summed E-state index contributed by atoms with van der Waals surface area (Å²) in [6, 6.07) is 6.61. The summed E-state index contributed by atoms with van der Waals surface area (Å²) in [4.78, 5) is 0.175. The van der Waals surface area contributed by atoms with E-state index in [2.05, 4.69) is 5.32 Å². The van der Waals surface area contributed by atoms with Crippen LogP contribution in [0.3, 0.4) is 0 Å². The zero-order chi connectivity index (χ0) is 14.6. The van der Waals surface area contributed by atoms with Gasteiger partial charge in [0.2, 0.25) is 10.0 Å². The zero-order valence-corrected chi connectivity index (χ0v) is 12.5. The number of morpholine rings is 1. The average Bonchev–Trinajstić information content (AvgIpc) is 2.48. The molecule has 0 aliphatic carbocycles. The molecule has 1 N–H and O–H groups in total. The summed E-state index contributed by atoms with van der Waals surface area (Å²) in [5, 5.41) is 3.18. The maximum Gasteiger partial charge on any atom is 0.246 e. The summed E-state index contributed by atoms with van der Waals surface area (Å²) in [5.74, 6) is 0.349. The van der Waals surface area contributed by atoms with Crippen LogP contribution in [-0.4, -0.2) is 59.2 Å². The lowest BCUT2D eigenvalue weighted by Crippen LogP contribution is -2.45. The number of hydrogen-bond donors (Lipinski definition) is 1. The van der Waals surface area contributed by atoms with Crippen molar-refractivity contribution >= 4 is 10.0 Å². The molecule has 2 rings (SSSR count). The van der Waals surface area contributed by atoms with Crippen LogP contribution in [0.2, 0.25) is 0 Å². The molecule has 1 aromatic rings. The third-order valence-electron chi connectivity index (χ3n) is 3.22. The van der Waals surface area contributed by atoms with E-state index in [0.717, 1.165) is 6.54 Å². The number of para-hydroxylation sites is 1. The first-order chi connectivity index (χ1) is 9.55. The van der Waals surface area contributed by atoms with E-state index in [-0.39, 0.29) is 11.0 Å². The normalized spacial score (nSPS) is 20.1. The van der Waals surface area contributed by atoms with E-state index in [4.69, 9.17) is 9.47 Å². The Morgan fingerprint density at radius 1 is 1.45 bits per heavy atom. The molecule has 1 aliphatic rings. The van der Waals surface area contributed by atoms with Crippen LogP contribution in [0.15, 0.2) is 29.2 Å². The van der Waals surface area contributed by atoms with Gasteiger partial charge in [-0.15, -0.1) is 0 Å². The summed E-state index contributed by atoms with van der Waals surface area (Å²) < 4.78 is 37.1. The minimum atomic E-state index is -3.58. The van der Waals surface area contributed by atoms with Gasteiger partial charge in [0.1, 0.15) is 10.6 Å². The average molecular weight is 300 g/mol. The third kappa shape index (κ3) is 3.29. The minimum Gasteiger partial charge on any atom is -0.495 e. The van der Waals surface area contributed by atoms with Gasteiger partial charge in [-0.1, -0.05) is 12.1 Å². The molecule has 0 radical (unpaired) electrons. The summed E-state index contributed by atoms with van der Waals surface area (Å²) in [6.07, 6.45) is -0.127. The van der Waals surface area contributed by atoms with Crippen molar-refractivity contribution < 1.29 is 17.9 Å². The molecule has 20 heavy (non-hydrogen) atoms. The molecule has 1 saturated heterocycles. The Kier molecular flexibility index (Phi) is 4.98. The van der Waals surface area contributed by atoms with Crippen molar-refractivity contribution in [1.29, 1.82) is 0 Å². The molecule has 1 fully saturated rings. The second-order valence-electron chi connectivity index (χ2n) is 4.63. The fourth-order valence-corrected chi connectivity index (χ4v) is 3.48. The van der Waals surface area contributed by atoms with E-state index in [1.807, 2.05) is 0 Å². The van der Waals surface area contributed by atoms with Crippen LogP contribution >= 0.6 is 0 Å². The number of methoxy groups -OCH3 is 1. The molecule has 7 heteroatoms. The topological polar surface area (TPSA) is 67.9 Å². The van der Waals surface area contributed by atoms with Crippen LogP contribution in [-0.2, 0) is 14.8 Å². The number of nitrogens with zero attached hydrogens (tertiary/aromatic N) is 1. The van der Waals surface area contributed by atoms with Crippen LogP contribution in [0, 0.1) is 0 Å². The molecule has 1 unspecified atom stereocenters. The largest absolute Gasteiger partial charge is 0.495 e. The number of benzene rings is 1. The van der Waals surface area contributed by atoms with Crippen molar-refractivity contribution in [2.75, 3.05) is 40.4 Å².